The van der Waals surface area contributed by atoms with Crippen molar-refractivity contribution >= 4 is 11.8 Å². The first kappa shape index (κ1) is 13.6. The highest BCUT2D eigenvalue weighted by Crippen LogP contribution is 2.19. The summed E-state index contributed by atoms with van der Waals surface area (Å²) in [5, 5.41) is 0. The Kier molecular flexibility index (Phi) is 5.36. The predicted octanol–water partition coefficient (Wildman–Crippen LogP) is 4.29. The van der Waals surface area contributed by atoms with Crippen molar-refractivity contribution < 1.29 is 4.74 Å². The van der Waals surface area contributed by atoms with E-state index in [1.807, 2.05) is 11.8 Å². The van der Waals surface area contributed by atoms with Crippen molar-refractivity contribution in [1.29, 1.82) is 0 Å². The van der Waals surface area contributed by atoms with Gasteiger partial charge >= 0.3 is 0 Å². The monoisotopic (exact) mass is 238 g/mol. The van der Waals surface area contributed by atoms with Crippen LogP contribution in [0.25, 0.3) is 0 Å². The fraction of sp³-hybridized carbons (Fsp3) is 0.571. The van der Waals surface area contributed by atoms with Gasteiger partial charge in [-0.25, -0.2) is 0 Å². The fourth-order valence-corrected chi connectivity index (χ4v) is 2.09. The standard InChI is InChI=1S/C14H22OS/c1-12-6-8-13(9-7-12)16-11-5-10-15-14(2,3)4/h6-9H,5,10-11H2,1-4H3. The summed E-state index contributed by atoms with van der Waals surface area (Å²) in [6.07, 6.45) is 1.11. The molecule has 1 aromatic carbocycles. The zero-order valence-electron chi connectivity index (χ0n) is 10.7. The second-order valence-electron chi connectivity index (χ2n) is 4.98. The van der Waals surface area contributed by atoms with E-state index in [4.69, 9.17) is 4.74 Å². The van der Waals surface area contributed by atoms with Gasteiger partial charge in [-0.1, -0.05) is 17.7 Å². The molecule has 2 heteroatoms. The Balaban J connectivity index is 2.14. The Morgan fingerprint density at radius 2 is 1.75 bits per heavy atom. The number of benzene rings is 1. The van der Waals surface area contributed by atoms with Crippen LogP contribution in [0.5, 0.6) is 0 Å². The minimum atomic E-state index is -0.00543. The number of hydrogen-bond acceptors (Lipinski definition) is 2. The van der Waals surface area contributed by atoms with Gasteiger partial charge in [0.15, 0.2) is 0 Å². The van der Waals surface area contributed by atoms with E-state index in [0.717, 1.165) is 18.8 Å². The maximum absolute atomic E-state index is 5.67. The number of thioether (sulfide) groups is 1. The third kappa shape index (κ3) is 6.19. The topological polar surface area (TPSA) is 9.23 Å². The van der Waals surface area contributed by atoms with Gasteiger partial charge in [0.25, 0.3) is 0 Å². The first-order chi connectivity index (χ1) is 7.47. The van der Waals surface area contributed by atoms with Crippen molar-refractivity contribution in [2.45, 2.75) is 44.6 Å². The SMILES string of the molecule is Cc1ccc(SCCCOC(C)(C)C)cc1. The highest BCUT2D eigenvalue weighted by Gasteiger charge is 2.08. The second-order valence-corrected chi connectivity index (χ2v) is 6.14. The molecule has 0 atom stereocenters. The van der Waals surface area contributed by atoms with Gasteiger partial charge in [0.05, 0.1) is 5.60 Å². The maximum Gasteiger partial charge on any atom is 0.0598 e. The van der Waals surface area contributed by atoms with Gasteiger partial charge in [-0.15, -0.1) is 11.8 Å². The molecule has 0 aliphatic rings. The lowest BCUT2D eigenvalue weighted by molar-refractivity contribution is -0.00196. The minimum Gasteiger partial charge on any atom is -0.376 e. The minimum absolute atomic E-state index is 0.00543. The van der Waals surface area contributed by atoms with Gasteiger partial charge in [-0.2, -0.15) is 0 Å². The van der Waals surface area contributed by atoms with Crippen LogP contribution in [0.4, 0.5) is 0 Å². The van der Waals surface area contributed by atoms with Crippen LogP contribution in [0.1, 0.15) is 32.8 Å². The largest absolute Gasteiger partial charge is 0.376 e. The summed E-state index contributed by atoms with van der Waals surface area (Å²) in [5.41, 5.74) is 1.31. The molecule has 0 aliphatic carbocycles. The molecule has 0 spiro atoms. The van der Waals surface area contributed by atoms with Gasteiger partial charge in [-0.3, -0.25) is 0 Å². The van der Waals surface area contributed by atoms with E-state index in [1.54, 1.807) is 0 Å². The molecule has 1 aromatic rings. The molecule has 0 N–H and O–H groups in total. The summed E-state index contributed by atoms with van der Waals surface area (Å²) in [4.78, 5) is 1.35. The van der Waals surface area contributed by atoms with Crippen molar-refractivity contribution in [3.63, 3.8) is 0 Å². The molecule has 1 nitrogen and oxygen atoms in total. The highest BCUT2D eigenvalue weighted by atomic mass is 32.2. The molecule has 0 aliphatic heterocycles. The molecule has 0 amide bonds. The Bertz CT molecular complexity index is 298. The molecule has 0 heterocycles. The molecule has 0 fully saturated rings. The summed E-state index contributed by atoms with van der Waals surface area (Å²) in [7, 11) is 0. The third-order valence-corrected chi connectivity index (χ3v) is 3.21. The van der Waals surface area contributed by atoms with Crippen molar-refractivity contribution in [2.24, 2.45) is 0 Å². The first-order valence-corrected chi connectivity index (χ1v) is 6.79. The molecule has 0 saturated heterocycles. The highest BCUT2D eigenvalue weighted by molar-refractivity contribution is 7.99. The van der Waals surface area contributed by atoms with Crippen molar-refractivity contribution in [3.8, 4) is 0 Å². The van der Waals surface area contributed by atoms with Gasteiger partial charge < -0.3 is 4.74 Å². The summed E-state index contributed by atoms with van der Waals surface area (Å²) in [5.74, 6) is 1.12. The number of aryl methyl sites for hydroxylation is 1. The average molecular weight is 238 g/mol. The van der Waals surface area contributed by atoms with E-state index >= 15 is 0 Å². The zero-order valence-corrected chi connectivity index (χ0v) is 11.6. The number of ether oxygens (including phenoxy) is 1. The Labute approximate surface area is 104 Å². The normalized spacial score (nSPS) is 11.8. The molecule has 16 heavy (non-hydrogen) atoms. The van der Waals surface area contributed by atoms with E-state index < -0.39 is 0 Å². The van der Waals surface area contributed by atoms with Gasteiger partial charge in [0.2, 0.25) is 0 Å². The first-order valence-electron chi connectivity index (χ1n) is 5.81. The molecular formula is C14H22OS. The lowest BCUT2D eigenvalue weighted by atomic mass is 10.2. The van der Waals surface area contributed by atoms with E-state index in [9.17, 15) is 0 Å². The Hall–Kier alpha value is -0.470. The maximum atomic E-state index is 5.67. The van der Waals surface area contributed by atoms with Crippen molar-refractivity contribution in [3.05, 3.63) is 29.8 Å². The lowest BCUT2D eigenvalue weighted by Gasteiger charge is -2.19. The van der Waals surface area contributed by atoms with Crippen LogP contribution in [-0.2, 0) is 4.74 Å². The molecule has 0 radical (unpaired) electrons. The second kappa shape index (κ2) is 6.31. The lowest BCUT2D eigenvalue weighted by Crippen LogP contribution is -2.19. The van der Waals surface area contributed by atoms with E-state index in [1.165, 1.54) is 10.5 Å². The van der Waals surface area contributed by atoms with Gasteiger partial charge in [0, 0.05) is 17.3 Å². The summed E-state index contributed by atoms with van der Waals surface area (Å²) >= 11 is 1.90. The predicted molar refractivity (Wildman–Crippen MR) is 72.2 cm³/mol. The van der Waals surface area contributed by atoms with Crippen LogP contribution >= 0.6 is 11.8 Å². The zero-order chi connectivity index (χ0) is 12.0. The third-order valence-electron chi connectivity index (χ3n) is 2.11. The average Bonchev–Trinajstić information content (AvgIpc) is 2.19. The van der Waals surface area contributed by atoms with Crippen LogP contribution in [-0.4, -0.2) is 18.0 Å². The Morgan fingerprint density at radius 1 is 1.12 bits per heavy atom. The molecule has 0 saturated carbocycles. The number of hydrogen-bond donors (Lipinski definition) is 0. The molecule has 1 rings (SSSR count). The van der Waals surface area contributed by atoms with Crippen LogP contribution < -0.4 is 0 Å². The van der Waals surface area contributed by atoms with Crippen molar-refractivity contribution in [1.82, 2.24) is 0 Å². The van der Waals surface area contributed by atoms with E-state index in [2.05, 4.69) is 52.0 Å². The van der Waals surface area contributed by atoms with Crippen molar-refractivity contribution in [2.75, 3.05) is 12.4 Å². The molecule has 0 aromatic heterocycles. The molecule has 0 unspecified atom stereocenters. The summed E-state index contributed by atoms with van der Waals surface area (Å²) in [6, 6.07) is 8.69. The summed E-state index contributed by atoms with van der Waals surface area (Å²) in [6.45, 7) is 9.26. The Morgan fingerprint density at radius 3 is 2.31 bits per heavy atom. The van der Waals surface area contributed by atoms with E-state index in [0.29, 0.717) is 0 Å². The quantitative estimate of drug-likeness (QED) is 0.559. The number of rotatable bonds is 5. The molecular weight excluding hydrogens is 216 g/mol. The van der Waals surface area contributed by atoms with Gasteiger partial charge in [-0.05, 0) is 46.2 Å². The fourth-order valence-electron chi connectivity index (χ4n) is 1.26. The molecule has 90 valence electrons. The van der Waals surface area contributed by atoms with Crippen LogP contribution in [0.3, 0.4) is 0 Å². The van der Waals surface area contributed by atoms with Crippen LogP contribution in [0.15, 0.2) is 29.2 Å². The summed E-state index contributed by atoms with van der Waals surface area (Å²) < 4.78 is 5.67. The van der Waals surface area contributed by atoms with Crippen LogP contribution in [0, 0.1) is 6.92 Å². The van der Waals surface area contributed by atoms with Gasteiger partial charge in [0.1, 0.15) is 0 Å². The molecule has 0 bridgehead atoms. The van der Waals surface area contributed by atoms with E-state index in [-0.39, 0.29) is 5.60 Å². The smallest absolute Gasteiger partial charge is 0.0598 e. The van der Waals surface area contributed by atoms with Crippen LogP contribution in [0.2, 0.25) is 0 Å².